The van der Waals surface area contributed by atoms with E-state index < -0.39 is 0 Å². The summed E-state index contributed by atoms with van der Waals surface area (Å²) in [4.78, 5) is 2.34. The lowest BCUT2D eigenvalue weighted by atomic mass is 9.74. The zero-order valence-corrected chi connectivity index (χ0v) is 10.2. The molecule has 3 rings (SSSR count). The van der Waals surface area contributed by atoms with Crippen molar-refractivity contribution in [3.63, 3.8) is 0 Å². The van der Waals surface area contributed by atoms with E-state index >= 15 is 0 Å². The molecule has 0 unspecified atom stereocenters. The van der Waals surface area contributed by atoms with Crippen LogP contribution in [0.3, 0.4) is 0 Å². The van der Waals surface area contributed by atoms with Crippen molar-refractivity contribution in [3.8, 4) is 6.07 Å². The summed E-state index contributed by atoms with van der Waals surface area (Å²) < 4.78 is 0. The Labute approximate surface area is 102 Å². The first-order valence-corrected chi connectivity index (χ1v) is 6.22. The minimum absolute atomic E-state index is 0.280. The van der Waals surface area contributed by atoms with Crippen molar-refractivity contribution < 1.29 is 0 Å². The molecular formula is C14H17N3. The van der Waals surface area contributed by atoms with E-state index in [1.807, 2.05) is 6.07 Å². The summed E-state index contributed by atoms with van der Waals surface area (Å²) in [6.45, 7) is 3.27. The molecule has 0 aromatic heterocycles. The van der Waals surface area contributed by atoms with Gasteiger partial charge in [-0.25, -0.2) is 0 Å². The molecule has 88 valence electrons. The molecule has 0 aliphatic carbocycles. The second-order valence-electron chi connectivity index (χ2n) is 5.23. The van der Waals surface area contributed by atoms with Gasteiger partial charge in [-0.1, -0.05) is 0 Å². The fourth-order valence-corrected chi connectivity index (χ4v) is 3.32. The Morgan fingerprint density at radius 1 is 1.35 bits per heavy atom. The average Bonchev–Trinajstić information content (AvgIpc) is 2.63. The number of likely N-dealkylation sites (N-methyl/N-ethyl adjacent to an activating group) is 1. The molecule has 2 aliphatic rings. The van der Waals surface area contributed by atoms with Gasteiger partial charge < -0.3 is 10.2 Å². The lowest BCUT2D eigenvalue weighted by molar-refractivity contribution is 0.327. The highest BCUT2D eigenvalue weighted by molar-refractivity contribution is 5.64. The number of nitrogens with one attached hydrogen (secondary N) is 1. The van der Waals surface area contributed by atoms with Crippen LogP contribution < -0.4 is 10.2 Å². The first-order valence-electron chi connectivity index (χ1n) is 6.22. The molecule has 1 N–H and O–H groups in total. The fourth-order valence-electron chi connectivity index (χ4n) is 3.32. The maximum atomic E-state index is 9.05. The van der Waals surface area contributed by atoms with E-state index in [0.717, 1.165) is 25.2 Å². The van der Waals surface area contributed by atoms with Gasteiger partial charge in [0.05, 0.1) is 11.6 Å². The topological polar surface area (TPSA) is 39.1 Å². The van der Waals surface area contributed by atoms with Crippen LogP contribution in [0.4, 0.5) is 5.69 Å². The average molecular weight is 227 g/mol. The van der Waals surface area contributed by atoms with Crippen molar-refractivity contribution in [1.82, 2.24) is 5.32 Å². The first kappa shape index (κ1) is 10.6. The number of rotatable bonds is 0. The molecule has 0 saturated carbocycles. The molecule has 2 aliphatic heterocycles. The van der Waals surface area contributed by atoms with Gasteiger partial charge in [0.25, 0.3) is 0 Å². The molecule has 0 radical (unpaired) electrons. The predicted molar refractivity (Wildman–Crippen MR) is 68.2 cm³/mol. The summed E-state index contributed by atoms with van der Waals surface area (Å²) in [7, 11) is 2.15. The number of fused-ring (bicyclic) bond motifs is 2. The van der Waals surface area contributed by atoms with Crippen LogP contribution in [-0.2, 0) is 5.41 Å². The van der Waals surface area contributed by atoms with E-state index in [0.29, 0.717) is 0 Å². The summed E-state index contributed by atoms with van der Waals surface area (Å²) in [5, 5.41) is 12.5. The number of hydrogen-bond acceptors (Lipinski definition) is 3. The zero-order valence-electron chi connectivity index (χ0n) is 10.2. The monoisotopic (exact) mass is 227 g/mol. The Hall–Kier alpha value is -1.53. The summed E-state index contributed by atoms with van der Waals surface area (Å²) in [6, 6.07) is 8.39. The molecule has 0 atom stereocenters. The van der Waals surface area contributed by atoms with Gasteiger partial charge in [-0.3, -0.25) is 0 Å². The number of piperidine rings is 1. The maximum absolute atomic E-state index is 9.05. The van der Waals surface area contributed by atoms with Gasteiger partial charge in [-0.15, -0.1) is 0 Å². The third-order valence-electron chi connectivity index (χ3n) is 4.21. The standard InChI is InChI=1S/C14H17N3/c1-17-10-14(4-6-16-7-5-14)12-8-11(9-15)2-3-13(12)17/h2-3,8,16H,4-7,10H2,1H3. The molecule has 0 amide bonds. The zero-order chi connectivity index (χ0) is 11.9. The predicted octanol–water partition coefficient (Wildman–Crippen LogP) is 1.63. The van der Waals surface area contributed by atoms with Crippen LogP contribution in [0.15, 0.2) is 18.2 Å². The van der Waals surface area contributed by atoms with Crippen molar-refractivity contribution in [2.75, 3.05) is 31.6 Å². The third kappa shape index (κ3) is 1.52. The Morgan fingerprint density at radius 3 is 2.82 bits per heavy atom. The number of nitrogens with zero attached hydrogens (tertiary/aromatic N) is 2. The van der Waals surface area contributed by atoms with Gasteiger partial charge in [0.1, 0.15) is 0 Å². The van der Waals surface area contributed by atoms with Crippen LogP contribution in [0.25, 0.3) is 0 Å². The highest BCUT2D eigenvalue weighted by atomic mass is 15.1. The highest BCUT2D eigenvalue weighted by Gasteiger charge is 2.42. The largest absolute Gasteiger partial charge is 0.373 e. The fraction of sp³-hybridized carbons (Fsp3) is 0.500. The molecule has 1 fully saturated rings. The quantitative estimate of drug-likeness (QED) is 0.732. The first-order chi connectivity index (χ1) is 8.25. The van der Waals surface area contributed by atoms with Gasteiger partial charge in [-0.2, -0.15) is 5.26 Å². The second kappa shape index (κ2) is 3.75. The number of benzene rings is 1. The lowest BCUT2D eigenvalue weighted by Crippen LogP contribution is -2.42. The van der Waals surface area contributed by atoms with Gasteiger partial charge in [0, 0.05) is 24.7 Å². The molecule has 1 saturated heterocycles. The van der Waals surface area contributed by atoms with Crippen LogP contribution in [0.2, 0.25) is 0 Å². The maximum Gasteiger partial charge on any atom is 0.0991 e. The van der Waals surface area contributed by atoms with Crippen LogP contribution >= 0.6 is 0 Å². The van der Waals surface area contributed by atoms with Gasteiger partial charge in [0.15, 0.2) is 0 Å². The Morgan fingerprint density at radius 2 is 2.12 bits per heavy atom. The number of hydrogen-bond donors (Lipinski definition) is 1. The van der Waals surface area contributed by atoms with Crippen LogP contribution in [-0.4, -0.2) is 26.7 Å². The summed E-state index contributed by atoms with van der Waals surface area (Å²) in [6.07, 6.45) is 2.36. The van der Waals surface area contributed by atoms with Crippen molar-refractivity contribution in [1.29, 1.82) is 5.26 Å². The second-order valence-corrected chi connectivity index (χ2v) is 5.23. The molecule has 17 heavy (non-hydrogen) atoms. The molecule has 2 heterocycles. The van der Waals surface area contributed by atoms with E-state index in [1.54, 1.807) is 0 Å². The molecule has 1 aromatic carbocycles. The summed E-state index contributed by atoms with van der Waals surface area (Å²) in [5.74, 6) is 0. The molecule has 1 spiro atoms. The van der Waals surface area contributed by atoms with E-state index in [1.165, 1.54) is 24.1 Å². The molecular weight excluding hydrogens is 210 g/mol. The summed E-state index contributed by atoms with van der Waals surface area (Å²) in [5.41, 5.74) is 3.77. The Bertz CT molecular complexity index is 481. The Balaban J connectivity index is 2.10. The van der Waals surface area contributed by atoms with Gasteiger partial charge in [-0.05, 0) is 49.7 Å². The van der Waals surface area contributed by atoms with Crippen LogP contribution in [0.5, 0.6) is 0 Å². The lowest BCUT2D eigenvalue weighted by Gasteiger charge is -2.34. The van der Waals surface area contributed by atoms with Crippen molar-refractivity contribution in [3.05, 3.63) is 29.3 Å². The van der Waals surface area contributed by atoms with E-state index in [9.17, 15) is 0 Å². The molecule has 3 heteroatoms. The molecule has 3 nitrogen and oxygen atoms in total. The van der Waals surface area contributed by atoms with Crippen molar-refractivity contribution >= 4 is 5.69 Å². The van der Waals surface area contributed by atoms with Crippen molar-refractivity contribution in [2.24, 2.45) is 0 Å². The van der Waals surface area contributed by atoms with Crippen LogP contribution in [0.1, 0.15) is 24.0 Å². The Kier molecular flexibility index (Phi) is 2.34. The molecule has 1 aromatic rings. The minimum atomic E-state index is 0.280. The van der Waals surface area contributed by atoms with Crippen molar-refractivity contribution in [2.45, 2.75) is 18.3 Å². The van der Waals surface area contributed by atoms with Crippen LogP contribution in [0, 0.1) is 11.3 Å². The SMILES string of the molecule is CN1CC2(CCNCC2)c2cc(C#N)ccc21. The smallest absolute Gasteiger partial charge is 0.0991 e. The number of anilines is 1. The van der Waals surface area contributed by atoms with Gasteiger partial charge in [0.2, 0.25) is 0 Å². The summed E-state index contributed by atoms with van der Waals surface area (Å²) >= 11 is 0. The minimum Gasteiger partial charge on any atom is -0.373 e. The third-order valence-corrected chi connectivity index (χ3v) is 4.21. The van der Waals surface area contributed by atoms with Gasteiger partial charge >= 0.3 is 0 Å². The molecule has 0 bridgehead atoms. The van der Waals surface area contributed by atoms with E-state index in [4.69, 9.17) is 5.26 Å². The normalized spacial score (nSPS) is 21.3. The number of nitriles is 1. The highest BCUT2D eigenvalue weighted by Crippen LogP contribution is 2.45. The van der Waals surface area contributed by atoms with E-state index in [-0.39, 0.29) is 5.41 Å². The van der Waals surface area contributed by atoms with E-state index in [2.05, 4.69) is 35.5 Å².